The minimum absolute atomic E-state index is 0.768. The number of aromatic nitrogens is 2. The van der Waals surface area contributed by atoms with E-state index in [9.17, 15) is 0 Å². The van der Waals surface area contributed by atoms with Crippen molar-refractivity contribution in [1.82, 2.24) is 14.5 Å². The molecule has 0 aliphatic rings. The maximum atomic E-state index is 5.41. The van der Waals surface area contributed by atoms with Crippen molar-refractivity contribution >= 4 is 27.9 Å². The van der Waals surface area contributed by atoms with Gasteiger partial charge in [0, 0.05) is 29.5 Å². The van der Waals surface area contributed by atoms with E-state index in [1.165, 1.54) is 16.4 Å². The fourth-order valence-electron chi connectivity index (χ4n) is 1.54. The molecule has 0 spiro atoms. The molecule has 5 nitrogen and oxygen atoms in total. The van der Waals surface area contributed by atoms with Crippen LogP contribution in [-0.4, -0.2) is 21.0 Å². The summed E-state index contributed by atoms with van der Waals surface area (Å²) in [4.78, 5) is 3.67. The number of nitrogens with zero attached hydrogens (tertiary/aromatic N) is 3. The van der Waals surface area contributed by atoms with Gasteiger partial charge in [-0.25, -0.2) is 5.84 Å². The lowest BCUT2D eigenvalue weighted by Gasteiger charge is -2.18. The number of anilines is 1. The van der Waals surface area contributed by atoms with Crippen molar-refractivity contribution in [1.29, 1.82) is 0 Å². The van der Waals surface area contributed by atoms with Crippen LogP contribution in [0.2, 0.25) is 0 Å². The van der Waals surface area contributed by atoms with E-state index in [1.54, 1.807) is 11.3 Å². The zero-order chi connectivity index (χ0) is 12.1. The Morgan fingerprint density at radius 1 is 1.47 bits per heavy atom. The average Bonchev–Trinajstić information content (AvgIpc) is 2.99. The number of nitrogens with two attached hydrogens (primary N) is 1. The SMILES string of the molecule is CCN(Cc1cccs1)Cc1nnsc1NN. The number of nitrogens with one attached hydrogen (secondary N) is 1. The van der Waals surface area contributed by atoms with Crippen molar-refractivity contribution < 1.29 is 0 Å². The molecule has 0 saturated carbocycles. The molecule has 17 heavy (non-hydrogen) atoms. The van der Waals surface area contributed by atoms with Crippen molar-refractivity contribution in [3.63, 3.8) is 0 Å². The minimum Gasteiger partial charge on any atom is -0.313 e. The molecule has 0 saturated heterocycles. The molecule has 2 rings (SSSR count). The van der Waals surface area contributed by atoms with Gasteiger partial charge in [0.05, 0.1) is 0 Å². The number of hydrazine groups is 1. The Morgan fingerprint density at radius 3 is 3.00 bits per heavy atom. The first-order chi connectivity index (χ1) is 8.33. The number of hydrogen-bond donors (Lipinski definition) is 2. The largest absolute Gasteiger partial charge is 0.313 e. The molecular weight excluding hydrogens is 254 g/mol. The highest BCUT2D eigenvalue weighted by atomic mass is 32.1. The van der Waals surface area contributed by atoms with Gasteiger partial charge < -0.3 is 5.43 Å². The van der Waals surface area contributed by atoms with E-state index in [2.05, 4.69) is 44.3 Å². The molecule has 0 atom stereocenters. The fourth-order valence-corrected chi connectivity index (χ4v) is 2.77. The van der Waals surface area contributed by atoms with E-state index in [-0.39, 0.29) is 0 Å². The van der Waals surface area contributed by atoms with Gasteiger partial charge in [-0.3, -0.25) is 4.90 Å². The van der Waals surface area contributed by atoms with E-state index >= 15 is 0 Å². The van der Waals surface area contributed by atoms with Crippen LogP contribution in [0, 0.1) is 0 Å². The second-order valence-corrected chi connectivity index (χ2v) is 5.36. The second-order valence-electron chi connectivity index (χ2n) is 3.58. The van der Waals surface area contributed by atoms with Crippen molar-refractivity contribution in [2.24, 2.45) is 5.84 Å². The van der Waals surface area contributed by atoms with Crippen LogP contribution in [-0.2, 0) is 13.1 Å². The summed E-state index contributed by atoms with van der Waals surface area (Å²) in [7, 11) is 0. The Kier molecular flexibility index (Phi) is 4.43. The van der Waals surface area contributed by atoms with Gasteiger partial charge >= 0.3 is 0 Å². The third kappa shape index (κ3) is 3.22. The number of nitrogen functional groups attached to an aromatic ring is 1. The van der Waals surface area contributed by atoms with Gasteiger partial charge in [-0.2, -0.15) is 0 Å². The Balaban J connectivity index is 2.00. The molecule has 2 heterocycles. The predicted octanol–water partition coefficient (Wildman–Crippen LogP) is 1.91. The summed E-state index contributed by atoms with van der Waals surface area (Å²) in [6, 6.07) is 4.22. The highest BCUT2D eigenvalue weighted by Gasteiger charge is 2.12. The van der Waals surface area contributed by atoms with E-state index < -0.39 is 0 Å². The molecular formula is C10H15N5S2. The van der Waals surface area contributed by atoms with Crippen molar-refractivity contribution in [2.45, 2.75) is 20.0 Å². The van der Waals surface area contributed by atoms with Gasteiger partial charge in [0.2, 0.25) is 0 Å². The molecule has 0 amide bonds. The average molecular weight is 269 g/mol. The lowest BCUT2D eigenvalue weighted by molar-refractivity contribution is 0.271. The second kappa shape index (κ2) is 6.06. The third-order valence-electron chi connectivity index (χ3n) is 2.47. The maximum Gasteiger partial charge on any atom is 0.148 e. The van der Waals surface area contributed by atoms with Gasteiger partial charge in [-0.1, -0.05) is 17.5 Å². The molecule has 92 valence electrons. The van der Waals surface area contributed by atoms with Crippen LogP contribution in [0.5, 0.6) is 0 Å². The standard InChI is InChI=1S/C10H15N5S2/c1-2-15(6-8-4-3-5-16-8)7-9-10(12-11)17-14-13-9/h3-5,12H,2,6-7,11H2,1H3. The highest BCUT2D eigenvalue weighted by molar-refractivity contribution is 7.10. The van der Waals surface area contributed by atoms with E-state index in [0.717, 1.165) is 30.3 Å². The summed E-state index contributed by atoms with van der Waals surface area (Å²) in [5.74, 6) is 5.41. The van der Waals surface area contributed by atoms with Crippen LogP contribution in [0.4, 0.5) is 5.00 Å². The van der Waals surface area contributed by atoms with E-state index in [1.807, 2.05) is 0 Å². The molecule has 0 aliphatic heterocycles. The smallest absolute Gasteiger partial charge is 0.148 e. The molecule has 0 aliphatic carbocycles. The molecule has 2 aromatic heterocycles. The van der Waals surface area contributed by atoms with Crippen LogP contribution in [0.1, 0.15) is 17.5 Å². The minimum atomic E-state index is 0.768. The lowest BCUT2D eigenvalue weighted by atomic mass is 10.3. The van der Waals surface area contributed by atoms with Crippen molar-refractivity contribution in [3.8, 4) is 0 Å². The van der Waals surface area contributed by atoms with Gasteiger partial charge in [-0.15, -0.1) is 16.4 Å². The molecule has 0 radical (unpaired) electrons. The van der Waals surface area contributed by atoms with Crippen LogP contribution >= 0.6 is 22.9 Å². The zero-order valence-electron chi connectivity index (χ0n) is 9.59. The molecule has 3 N–H and O–H groups in total. The quantitative estimate of drug-likeness (QED) is 0.619. The van der Waals surface area contributed by atoms with Gasteiger partial charge in [-0.05, 0) is 18.0 Å². The summed E-state index contributed by atoms with van der Waals surface area (Å²) in [5.41, 5.74) is 3.55. The molecule has 2 aromatic rings. The summed E-state index contributed by atoms with van der Waals surface area (Å²) in [5, 5.41) is 7.03. The molecule has 0 unspecified atom stereocenters. The topological polar surface area (TPSA) is 67.1 Å². The molecule has 0 fully saturated rings. The normalized spacial score (nSPS) is 11.0. The fraction of sp³-hybridized carbons (Fsp3) is 0.400. The first kappa shape index (κ1) is 12.4. The summed E-state index contributed by atoms with van der Waals surface area (Å²) < 4.78 is 3.90. The highest BCUT2D eigenvalue weighted by Crippen LogP contribution is 2.19. The Morgan fingerprint density at radius 2 is 2.35 bits per heavy atom. The molecule has 7 heteroatoms. The Labute approximate surface area is 108 Å². The monoisotopic (exact) mass is 269 g/mol. The predicted molar refractivity (Wildman–Crippen MR) is 71.8 cm³/mol. The van der Waals surface area contributed by atoms with Crippen molar-refractivity contribution in [2.75, 3.05) is 12.0 Å². The van der Waals surface area contributed by atoms with Gasteiger partial charge in [0.25, 0.3) is 0 Å². The van der Waals surface area contributed by atoms with Gasteiger partial charge in [0.15, 0.2) is 0 Å². The first-order valence-corrected chi connectivity index (χ1v) is 7.01. The van der Waals surface area contributed by atoms with Crippen molar-refractivity contribution in [3.05, 3.63) is 28.1 Å². The van der Waals surface area contributed by atoms with Crippen LogP contribution < -0.4 is 11.3 Å². The molecule has 0 aromatic carbocycles. The first-order valence-electron chi connectivity index (χ1n) is 5.36. The maximum absolute atomic E-state index is 5.41. The summed E-state index contributed by atoms with van der Waals surface area (Å²) in [6.07, 6.45) is 0. The number of thiophene rings is 1. The van der Waals surface area contributed by atoms with E-state index in [0.29, 0.717) is 0 Å². The van der Waals surface area contributed by atoms with E-state index in [4.69, 9.17) is 5.84 Å². The zero-order valence-corrected chi connectivity index (χ0v) is 11.2. The third-order valence-corrected chi connectivity index (χ3v) is 4.03. The summed E-state index contributed by atoms with van der Waals surface area (Å²) in [6.45, 7) is 4.82. The van der Waals surface area contributed by atoms with Crippen LogP contribution in [0.15, 0.2) is 17.5 Å². The molecule has 0 bridgehead atoms. The van der Waals surface area contributed by atoms with Crippen LogP contribution in [0.25, 0.3) is 0 Å². The van der Waals surface area contributed by atoms with Crippen LogP contribution in [0.3, 0.4) is 0 Å². The Hall–Kier alpha value is -1.02. The summed E-state index contributed by atoms with van der Waals surface area (Å²) >= 11 is 3.06. The number of hydrogen-bond acceptors (Lipinski definition) is 7. The number of rotatable bonds is 6. The van der Waals surface area contributed by atoms with Gasteiger partial charge in [0.1, 0.15) is 10.7 Å². The lowest BCUT2D eigenvalue weighted by Crippen LogP contribution is -2.23. The Bertz CT molecular complexity index is 439.